The van der Waals surface area contributed by atoms with Gasteiger partial charge in [0, 0.05) is 24.3 Å². The topological polar surface area (TPSA) is 138 Å². The lowest BCUT2D eigenvalue weighted by atomic mass is 9.82. The number of rotatable bonds is 4. The molecule has 0 saturated heterocycles. The molecular formula is C29H36O8. The first-order valence-electron chi connectivity index (χ1n) is 12.8. The van der Waals surface area contributed by atoms with Gasteiger partial charge in [-0.05, 0) is 85.9 Å². The van der Waals surface area contributed by atoms with E-state index < -0.39 is 23.9 Å². The first-order valence-corrected chi connectivity index (χ1v) is 12.8. The zero-order valence-electron chi connectivity index (χ0n) is 21.0. The predicted octanol–water partition coefficient (Wildman–Crippen LogP) is 4.51. The first kappa shape index (κ1) is 28.2. The number of fused-ring (bicyclic) bond motifs is 10. The molecule has 8 nitrogen and oxygen atoms in total. The molecule has 8 unspecified atom stereocenters. The molecule has 6 aliphatic rings. The summed E-state index contributed by atoms with van der Waals surface area (Å²) in [6.45, 7) is 0. The molecule has 0 aromatic rings. The van der Waals surface area contributed by atoms with Crippen molar-refractivity contribution in [2.45, 2.75) is 38.5 Å². The molecule has 0 aromatic heterocycles. The van der Waals surface area contributed by atoms with Crippen molar-refractivity contribution in [3.8, 4) is 0 Å². The third kappa shape index (κ3) is 7.78. The van der Waals surface area contributed by atoms with E-state index in [-0.39, 0.29) is 0 Å². The number of esters is 1. The number of ether oxygens (including phenoxy) is 1. The van der Waals surface area contributed by atoms with E-state index in [1.54, 1.807) is 12.8 Å². The average Bonchev–Trinajstić information content (AvgIpc) is 3.67. The normalized spacial score (nSPS) is 34.2. The second-order valence-electron chi connectivity index (χ2n) is 10.3. The summed E-state index contributed by atoms with van der Waals surface area (Å²) in [7, 11) is 1.18. The molecule has 0 amide bonds. The summed E-state index contributed by atoms with van der Waals surface area (Å²) < 4.78 is 4.11. The van der Waals surface area contributed by atoms with Crippen LogP contribution in [0.2, 0.25) is 0 Å². The van der Waals surface area contributed by atoms with Crippen molar-refractivity contribution in [2.24, 2.45) is 47.3 Å². The van der Waals surface area contributed by atoms with Crippen molar-refractivity contribution < 1.29 is 39.2 Å². The van der Waals surface area contributed by atoms with E-state index in [2.05, 4.69) is 41.2 Å². The van der Waals surface area contributed by atoms with Crippen molar-refractivity contribution in [3.05, 3.63) is 60.8 Å². The number of carboxylic acid groups (broad SMARTS) is 3. The van der Waals surface area contributed by atoms with Gasteiger partial charge in [0.15, 0.2) is 0 Å². The molecule has 4 bridgehead atoms. The lowest BCUT2D eigenvalue weighted by Gasteiger charge is -2.23. The molecule has 6 rings (SSSR count). The van der Waals surface area contributed by atoms with Crippen LogP contribution in [0, 0.1) is 47.3 Å². The molecule has 0 spiro atoms. The number of allylic oxidation sites excluding steroid dienone is 6. The maximum atomic E-state index is 10.1. The van der Waals surface area contributed by atoms with Gasteiger partial charge in [0.1, 0.15) is 0 Å². The number of carboxylic acids is 3. The summed E-state index contributed by atoms with van der Waals surface area (Å²) >= 11 is 0. The highest BCUT2D eigenvalue weighted by molar-refractivity contribution is 5.90. The van der Waals surface area contributed by atoms with Crippen LogP contribution in [0.15, 0.2) is 60.8 Å². The molecule has 0 aromatic carbocycles. The molecule has 6 aliphatic carbocycles. The minimum atomic E-state index is -1.26. The Bertz CT molecular complexity index is 987. The molecule has 3 saturated carbocycles. The Morgan fingerprint density at radius 1 is 0.676 bits per heavy atom. The van der Waals surface area contributed by atoms with Gasteiger partial charge in [-0.3, -0.25) is 0 Å². The average molecular weight is 513 g/mol. The highest BCUT2D eigenvalue weighted by Gasteiger charge is 2.47. The maximum Gasteiger partial charge on any atom is 0.330 e. The molecule has 200 valence electrons. The summed E-state index contributed by atoms with van der Waals surface area (Å²) in [5.41, 5.74) is 0. The van der Waals surface area contributed by atoms with Crippen LogP contribution in [0.3, 0.4) is 0 Å². The van der Waals surface area contributed by atoms with Gasteiger partial charge in [-0.15, -0.1) is 0 Å². The number of hydrogen-bond donors (Lipinski definition) is 3. The van der Waals surface area contributed by atoms with E-state index in [0.29, 0.717) is 18.2 Å². The summed E-state index contributed by atoms with van der Waals surface area (Å²) in [4.78, 5) is 39.0. The molecule has 0 aliphatic heterocycles. The number of hydrogen-bond acceptors (Lipinski definition) is 5. The fourth-order valence-corrected chi connectivity index (χ4v) is 6.82. The van der Waals surface area contributed by atoms with Gasteiger partial charge in [-0.1, -0.05) is 36.5 Å². The summed E-state index contributed by atoms with van der Waals surface area (Å²) in [5.74, 6) is 3.83. The standard InChI is InChI=1S/C10H14.C10H12.C5H6O4.C4H4O4/c2*1-2-9-7-4-5-8(6-7)10(9)3-1;1-9-5(8)3-2-4(6)7;5-3(6)1-2-4(7)8/h1-2,7-10H,3-6H2;1-2,4-5,7-10H,3,6H2;2-3H,1H3,(H,6,7);1-2H,(H,5,6)(H,7,8). The van der Waals surface area contributed by atoms with Gasteiger partial charge in [0.2, 0.25) is 0 Å². The Kier molecular flexibility index (Phi) is 10.1. The first-order chi connectivity index (χ1) is 17.7. The van der Waals surface area contributed by atoms with Gasteiger partial charge >= 0.3 is 23.9 Å². The lowest BCUT2D eigenvalue weighted by molar-refractivity contribution is -0.136. The van der Waals surface area contributed by atoms with Crippen LogP contribution in [0.5, 0.6) is 0 Å². The van der Waals surface area contributed by atoms with Crippen LogP contribution < -0.4 is 0 Å². The van der Waals surface area contributed by atoms with Crippen LogP contribution in [-0.4, -0.2) is 46.3 Å². The van der Waals surface area contributed by atoms with E-state index in [1.807, 2.05) is 0 Å². The molecule has 0 heterocycles. The van der Waals surface area contributed by atoms with Crippen LogP contribution in [0.4, 0.5) is 0 Å². The van der Waals surface area contributed by atoms with E-state index in [1.165, 1.54) is 32.8 Å². The quantitative estimate of drug-likeness (QED) is 0.284. The molecule has 37 heavy (non-hydrogen) atoms. The van der Waals surface area contributed by atoms with Crippen molar-refractivity contribution in [3.63, 3.8) is 0 Å². The number of carbonyl (C=O) groups excluding carboxylic acids is 1. The summed E-state index contributed by atoms with van der Waals surface area (Å²) in [5, 5.41) is 23.6. The van der Waals surface area contributed by atoms with Crippen molar-refractivity contribution >= 4 is 23.9 Å². The minimum absolute atomic E-state index is 0.558. The van der Waals surface area contributed by atoms with Crippen LogP contribution >= 0.6 is 0 Å². The predicted molar refractivity (Wildman–Crippen MR) is 136 cm³/mol. The highest BCUT2D eigenvalue weighted by Crippen LogP contribution is 2.56. The molecule has 3 fully saturated rings. The van der Waals surface area contributed by atoms with Crippen LogP contribution in [0.1, 0.15) is 38.5 Å². The van der Waals surface area contributed by atoms with E-state index in [4.69, 9.17) is 15.3 Å². The Hall–Kier alpha value is -3.42. The number of methoxy groups -OCH3 is 1. The summed E-state index contributed by atoms with van der Waals surface area (Å²) in [6, 6.07) is 0. The Labute approximate surface area is 217 Å². The summed E-state index contributed by atoms with van der Waals surface area (Å²) in [6.07, 6.45) is 26.2. The molecule has 8 heteroatoms. The SMILES string of the molecule is C1=CC2C3C=CC(C3)C2C1.C1=CC2C3CCC(C3)C2C1.COC(=O)C=CC(=O)O.O=C(O)C=CC(=O)O. The monoisotopic (exact) mass is 512 g/mol. The maximum absolute atomic E-state index is 10.1. The van der Waals surface area contributed by atoms with Crippen molar-refractivity contribution in [1.29, 1.82) is 0 Å². The fraction of sp³-hybridized carbons (Fsp3) is 0.517. The third-order valence-corrected chi connectivity index (χ3v) is 8.31. The third-order valence-electron chi connectivity index (χ3n) is 8.31. The second kappa shape index (κ2) is 13.2. The minimum Gasteiger partial charge on any atom is -0.478 e. The van der Waals surface area contributed by atoms with Gasteiger partial charge < -0.3 is 20.1 Å². The van der Waals surface area contributed by atoms with Crippen LogP contribution in [-0.2, 0) is 23.9 Å². The lowest BCUT2D eigenvalue weighted by Crippen LogP contribution is -2.16. The Morgan fingerprint density at radius 2 is 1.22 bits per heavy atom. The van der Waals surface area contributed by atoms with Crippen LogP contribution in [0.25, 0.3) is 0 Å². The number of aliphatic carboxylic acids is 3. The highest BCUT2D eigenvalue weighted by atomic mass is 16.5. The van der Waals surface area contributed by atoms with E-state index in [0.717, 1.165) is 53.4 Å². The largest absolute Gasteiger partial charge is 0.478 e. The molecule has 3 N–H and O–H groups in total. The smallest absolute Gasteiger partial charge is 0.330 e. The molecular weight excluding hydrogens is 476 g/mol. The van der Waals surface area contributed by atoms with Crippen molar-refractivity contribution in [1.82, 2.24) is 0 Å². The van der Waals surface area contributed by atoms with E-state index >= 15 is 0 Å². The zero-order valence-corrected chi connectivity index (χ0v) is 21.0. The number of carbonyl (C=O) groups is 4. The fourth-order valence-electron chi connectivity index (χ4n) is 6.82. The van der Waals surface area contributed by atoms with Gasteiger partial charge in [0.25, 0.3) is 0 Å². The Morgan fingerprint density at radius 3 is 1.78 bits per heavy atom. The van der Waals surface area contributed by atoms with Gasteiger partial charge in [-0.25, -0.2) is 19.2 Å². The van der Waals surface area contributed by atoms with E-state index in [9.17, 15) is 19.2 Å². The second-order valence-corrected chi connectivity index (χ2v) is 10.3. The molecule has 8 atom stereocenters. The Balaban J connectivity index is 0.000000138. The molecule has 0 radical (unpaired) electrons. The van der Waals surface area contributed by atoms with Crippen molar-refractivity contribution in [2.75, 3.05) is 7.11 Å². The van der Waals surface area contributed by atoms with Gasteiger partial charge in [-0.2, -0.15) is 0 Å². The zero-order chi connectivity index (χ0) is 26.9. The van der Waals surface area contributed by atoms with Gasteiger partial charge in [0.05, 0.1) is 7.11 Å².